The van der Waals surface area contributed by atoms with Crippen LogP contribution in [0.3, 0.4) is 0 Å². The second-order valence-electron chi connectivity index (χ2n) is 4.16. The fourth-order valence-electron chi connectivity index (χ4n) is 1.79. The summed E-state index contributed by atoms with van der Waals surface area (Å²) in [5, 5.41) is 0. The highest BCUT2D eigenvalue weighted by molar-refractivity contribution is 5.99. The SMILES string of the molecule is Cl.O=C(c1ccc(-n2ccnc2)cc1)C1CC1. The lowest BCUT2D eigenvalue weighted by Gasteiger charge is -2.03. The van der Waals surface area contributed by atoms with Crippen LogP contribution in [-0.2, 0) is 0 Å². The molecule has 0 bridgehead atoms. The maximum absolute atomic E-state index is 11.8. The van der Waals surface area contributed by atoms with E-state index >= 15 is 0 Å². The second-order valence-corrected chi connectivity index (χ2v) is 4.16. The summed E-state index contributed by atoms with van der Waals surface area (Å²) in [5.74, 6) is 0.580. The minimum Gasteiger partial charge on any atom is -0.306 e. The molecule has 0 aliphatic heterocycles. The zero-order chi connectivity index (χ0) is 11.0. The Morgan fingerprint density at radius 2 is 1.94 bits per heavy atom. The van der Waals surface area contributed by atoms with Gasteiger partial charge in [-0.1, -0.05) is 0 Å². The van der Waals surface area contributed by atoms with Crippen molar-refractivity contribution < 1.29 is 4.79 Å². The number of ketones is 1. The summed E-state index contributed by atoms with van der Waals surface area (Å²) >= 11 is 0. The third kappa shape index (κ3) is 2.39. The van der Waals surface area contributed by atoms with Gasteiger partial charge in [0.05, 0.1) is 6.33 Å². The largest absolute Gasteiger partial charge is 0.306 e. The van der Waals surface area contributed by atoms with Crippen LogP contribution in [0.5, 0.6) is 0 Å². The molecule has 1 heterocycles. The first-order valence-corrected chi connectivity index (χ1v) is 5.47. The van der Waals surface area contributed by atoms with Crippen LogP contribution in [-0.4, -0.2) is 15.3 Å². The summed E-state index contributed by atoms with van der Waals surface area (Å²) in [6.45, 7) is 0. The molecule has 1 fully saturated rings. The van der Waals surface area contributed by atoms with E-state index in [2.05, 4.69) is 4.98 Å². The molecule has 4 heteroatoms. The Hall–Kier alpha value is -1.61. The van der Waals surface area contributed by atoms with E-state index in [1.54, 1.807) is 12.5 Å². The van der Waals surface area contributed by atoms with E-state index in [0.29, 0.717) is 5.92 Å². The van der Waals surface area contributed by atoms with Crippen LogP contribution in [0.4, 0.5) is 0 Å². The van der Waals surface area contributed by atoms with Crippen LogP contribution in [0.15, 0.2) is 43.0 Å². The van der Waals surface area contributed by atoms with Gasteiger partial charge in [-0.15, -0.1) is 12.4 Å². The fourth-order valence-corrected chi connectivity index (χ4v) is 1.79. The number of imidazole rings is 1. The molecule has 1 aromatic heterocycles. The van der Waals surface area contributed by atoms with Crippen molar-refractivity contribution in [1.29, 1.82) is 0 Å². The van der Waals surface area contributed by atoms with Gasteiger partial charge in [0.25, 0.3) is 0 Å². The minimum atomic E-state index is 0. The van der Waals surface area contributed by atoms with Gasteiger partial charge in [-0.2, -0.15) is 0 Å². The molecular weight excluding hydrogens is 236 g/mol. The van der Waals surface area contributed by atoms with Gasteiger partial charge in [-0.05, 0) is 37.1 Å². The molecule has 0 atom stereocenters. The molecule has 17 heavy (non-hydrogen) atoms. The maximum atomic E-state index is 11.8. The molecule has 2 aromatic rings. The first kappa shape index (κ1) is 11.9. The lowest BCUT2D eigenvalue weighted by atomic mass is 10.1. The van der Waals surface area contributed by atoms with Crippen LogP contribution in [0, 0.1) is 5.92 Å². The maximum Gasteiger partial charge on any atom is 0.165 e. The summed E-state index contributed by atoms with van der Waals surface area (Å²) in [6, 6.07) is 7.71. The molecule has 0 unspecified atom stereocenters. The van der Waals surface area contributed by atoms with E-state index in [1.165, 1.54) is 0 Å². The first-order valence-electron chi connectivity index (χ1n) is 5.47. The summed E-state index contributed by atoms with van der Waals surface area (Å²) < 4.78 is 1.92. The van der Waals surface area contributed by atoms with Gasteiger partial charge in [0.1, 0.15) is 0 Å². The van der Waals surface area contributed by atoms with E-state index in [0.717, 1.165) is 24.1 Å². The van der Waals surface area contributed by atoms with Gasteiger partial charge in [0.15, 0.2) is 5.78 Å². The smallest absolute Gasteiger partial charge is 0.165 e. The van der Waals surface area contributed by atoms with Gasteiger partial charge >= 0.3 is 0 Å². The minimum absolute atomic E-state index is 0. The molecule has 1 aliphatic rings. The Bertz CT molecular complexity index is 501. The highest BCUT2D eigenvalue weighted by atomic mass is 35.5. The Morgan fingerprint density at radius 3 is 2.47 bits per heavy atom. The van der Waals surface area contributed by atoms with Crippen molar-refractivity contribution in [2.24, 2.45) is 5.92 Å². The number of Topliss-reactive ketones (excluding diaryl/α,β-unsaturated/α-hetero) is 1. The van der Waals surface area contributed by atoms with Gasteiger partial charge in [-0.3, -0.25) is 4.79 Å². The average Bonchev–Trinajstić information content (AvgIpc) is 3.04. The number of benzene rings is 1. The molecule has 0 saturated heterocycles. The Labute approximate surface area is 106 Å². The molecule has 1 aliphatic carbocycles. The predicted octanol–water partition coefficient (Wildman–Crippen LogP) is 2.89. The molecule has 88 valence electrons. The lowest BCUT2D eigenvalue weighted by molar-refractivity contribution is 0.0967. The van der Waals surface area contributed by atoms with Crippen LogP contribution < -0.4 is 0 Å². The number of nitrogens with zero attached hydrogens (tertiary/aromatic N) is 2. The van der Waals surface area contributed by atoms with Gasteiger partial charge < -0.3 is 4.57 Å². The number of hydrogen-bond donors (Lipinski definition) is 0. The van der Waals surface area contributed by atoms with E-state index < -0.39 is 0 Å². The van der Waals surface area contributed by atoms with Gasteiger partial charge in [0.2, 0.25) is 0 Å². The highest BCUT2D eigenvalue weighted by Crippen LogP contribution is 2.32. The molecule has 0 amide bonds. The molecule has 3 rings (SSSR count). The standard InChI is InChI=1S/C13H12N2O.ClH/c16-13(10-1-2-10)11-3-5-12(6-4-11)15-8-7-14-9-15;/h3-10H,1-2H2;1H. The van der Waals surface area contributed by atoms with Crippen LogP contribution >= 0.6 is 12.4 Å². The monoisotopic (exact) mass is 248 g/mol. The fraction of sp³-hybridized carbons (Fsp3) is 0.231. The molecule has 1 saturated carbocycles. The third-order valence-corrected chi connectivity index (χ3v) is 2.90. The number of halogens is 1. The van der Waals surface area contributed by atoms with E-state index in [1.807, 2.05) is 35.0 Å². The Balaban J connectivity index is 0.00000108. The van der Waals surface area contributed by atoms with Gasteiger partial charge in [-0.25, -0.2) is 4.98 Å². The van der Waals surface area contributed by atoms with Crippen molar-refractivity contribution in [3.8, 4) is 5.69 Å². The molecule has 1 aromatic carbocycles. The van der Waals surface area contributed by atoms with Crippen molar-refractivity contribution in [3.05, 3.63) is 48.5 Å². The average molecular weight is 249 g/mol. The molecular formula is C13H13ClN2O. The number of carbonyl (C=O) groups is 1. The van der Waals surface area contributed by atoms with Crippen molar-refractivity contribution in [2.45, 2.75) is 12.8 Å². The van der Waals surface area contributed by atoms with Crippen LogP contribution in [0.1, 0.15) is 23.2 Å². The summed E-state index contributed by atoms with van der Waals surface area (Å²) in [4.78, 5) is 15.8. The number of hydrogen-bond acceptors (Lipinski definition) is 2. The molecule has 0 spiro atoms. The zero-order valence-electron chi connectivity index (χ0n) is 9.24. The summed E-state index contributed by atoms with van der Waals surface area (Å²) in [5.41, 5.74) is 1.86. The Morgan fingerprint density at radius 1 is 1.24 bits per heavy atom. The number of carbonyl (C=O) groups excluding carboxylic acids is 1. The Kier molecular flexibility index (Phi) is 3.29. The first-order chi connectivity index (χ1) is 7.84. The molecule has 0 radical (unpaired) electrons. The van der Waals surface area contributed by atoms with Crippen LogP contribution in [0.25, 0.3) is 5.69 Å². The van der Waals surface area contributed by atoms with Crippen molar-refractivity contribution >= 4 is 18.2 Å². The lowest BCUT2D eigenvalue weighted by Crippen LogP contribution is -2.01. The van der Waals surface area contributed by atoms with Gasteiger partial charge in [0, 0.05) is 29.6 Å². The van der Waals surface area contributed by atoms with Crippen molar-refractivity contribution in [1.82, 2.24) is 9.55 Å². The van der Waals surface area contributed by atoms with E-state index in [-0.39, 0.29) is 18.2 Å². The quantitative estimate of drug-likeness (QED) is 0.783. The molecule has 3 nitrogen and oxygen atoms in total. The number of aromatic nitrogens is 2. The normalized spacial score (nSPS) is 14.1. The topological polar surface area (TPSA) is 34.9 Å². The third-order valence-electron chi connectivity index (χ3n) is 2.90. The molecule has 0 N–H and O–H groups in total. The van der Waals surface area contributed by atoms with E-state index in [9.17, 15) is 4.79 Å². The second kappa shape index (κ2) is 4.72. The number of rotatable bonds is 3. The van der Waals surface area contributed by atoms with Crippen LogP contribution in [0.2, 0.25) is 0 Å². The van der Waals surface area contributed by atoms with Crippen molar-refractivity contribution in [3.63, 3.8) is 0 Å². The van der Waals surface area contributed by atoms with E-state index in [4.69, 9.17) is 0 Å². The summed E-state index contributed by atoms with van der Waals surface area (Å²) in [7, 11) is 0. The predicted molar refractivity (Wildman–Crippen MR) is 67.9 cm³/mol. The summed E-state index contributed by atoms with van der Waals surface area (Å²) in [6.07, 6.45) is 7.49. The van der Waals surface area contributed by atoms with Crippen molar-refractivity contribution in [2.75, 3.05) is 0 Å². The zero-order valence-corrected chi connectivity index (χ0v) is 10.1. The highest BCUT2D eigenvalue weighted by Gasteiger charge is 2.30.